The van der Waals surface area contributed by atoms with Crippen LogP contribution < -0.4 is 15.1 Å². The average molecular weight is 564 g/mol. The molecule has 214 valence electrons. The molecule has 0 aliphatic carbocycles. The number of rotatable bonds is 6. The molecule has 3 aromatic heterocycles. The maximum absolute atomic E-state index is 13.3. The Balaban J connectivity index is 1.55. The lowest BCUT2D eigenvalue weighted by atomic mass is 9.83. The number of aromatic nitrogens is 4. The second-order valence-corrected chi connectivity index (χ2v) is 10.9. The number of carbonyl (C=O) groups excluding carboxylic acids is 3. The molecular weight excluding hydrogens is 535 g/mol. The van der Waals surface area contributed by atoms with Gasteiger partial charge in [0.15, 0.2) is 11.5 Å². The molecule has 1 aliphatic heterocycles. The largest absolute Gasteiger partial charge is 0.444 e. The molecule has 1 saturated heterocycles. The van der Waals surface area contributed by atoms with Crippen molar-refractivity contribution in [1.29, 1.82) is 0 Å². The van der Waals surface area contributed by atoms with Crippen molar-refractivity contribution in [3.63, 3.8) is 0 Å². The van der Waals surface area contributed by atoms with Crippen LogP contribution in [-0.4, -0.2) is 62.5 Å². The van der Waals surface area contributed by atoms with Crippen LogP contribution in [0.2, 0.25) is 0 Å². The van der Waals surface area contributed by atoms with Gasteiger partial charge in [0.1, 0.15) is 29.9 Å². The molecule has 4 heterocycles. The Kier molecular flexibility index (Phi) is 7.11. The number of anilines is 3. The summed E-state index contributed by atoms with van der Waals surface area (Å²) in [5.74, 6) is -0.968. The summed E-state index contributed by atoms with van der Waals surface area (Å²) in [4.78, 5) is 47.8. The topological polar surface area (TPSA) is 136 Å². The maximum Gasteiger partial charge on any atom is 0.416 e. The maximum atomic E-state index is 13.3. The number of ether oxygens (including phenoxy) is 1. The van der Waals surface area contributed by atoms with Gasteiger partial charge in [-0.25, -0.2) is 14.8 Å². The molecule has 3 aromatic rings. The summed E-state index contributed by atoms with van der Waals surface area (Å²) in [5.41, 5.74) is -1.26. The fourth-order valence-electron chi connectivity index (χ4n) is 3.88. The van der Waals surface area contributed by atoms with Crippen molar-refractivity contribution in [1.82, 2.24) is 19.7 Å². The number of pyridine rings is 1. The molecule has 0 radical (unpaired) electrons. The minimum absolute atomic E-state index is 0.101. The Morgan fingerprint density at radius 3 is 2.55 bits per heavy atom. The molecule has 40 heavy (non-hydrogen) atoms. The van der Waals surface area contributed by atoms with Gasteiger partial charge in [0.25, 0.3) is 5.91 Å². The van der Waals surface area contributed by atoms with Gasteiger partial charge in [0, 0.05) is 25.4 Å². The fraction of sp³-hybridized carbons (Fsp3) is 0.440. The molecule has 0 atom stereocenters. The van der Waals surface area contributed by atoms with Crippen molar-refractivity contribution in [2.45, 2.75) is 46.4 Å². The monoisotopic (exact) mass is 563 g/mol. The first-order valence-corrected chi connectivity index (χ1v) is 12.1. The summed E-state index contributed by atoms with van der Waals surface area (Å²) >= 11 is 0. The third kappa shape index (κ3) is 6.24. The van der Waals surface area contributed by atoms with Gasteiger partial charge in [-0.15, -0.1) is 0 Å². The molecule has 0 saturated carbocycles. The summed E-state index contributed by atoms with van der Waals surface area (Å²) in [6.45, 7) is 6.99. The standard InChI is InChI=1S/C25H28F3N7O5/c1-23(2,3)40-22(38)34(13-25(26,27)28)17-9-14(7-8-29-17)20-31-16(11-39-20)19(36)30-15-10-33(6)32-18(15)35-12-24(4,5)21(35)37/h7-11H,12-13H2,1-6H3,(H,30,36). The summed E-state index contributed by atoms with van der Waals surface area (Å²) in [7, 11) is 1.64. The van der Waals surface area contributed by atoms with Crippen molar-refractivity contribution < 1.29 is 36.7 Å². The van der Waals surface area contributed by atoms with Gasteiger partial charge >= 0.3 is 12.3 Å². The Hall–Kier alpha value is -4.43. The zero-order valence-electron chi connectivity index (χ0n) is 22.7. The number of aryl methyl sites for hydroxylation is 1. The van der Waals surface area contributed by atoms with E-state index in [0.717, 1.165) is 6.26 Å². The number of halogens is 3. The zero-order chi connectivity index (χ0) is 29.6. The highest BCUT2D eigenvalue weighted by molar-refractivity contribution is 6.09. The smallest absolute Gasteiger partial charge is 0.416 e. The minimum atomic E-state index is -4.73. The number of hydrogen-bond donors (Lipinski definition) is 1. The molecule has 1 N–H and O–H groups in total. The van der Waals surface area contributed by atoms with Crippen LogP contribution in [0, 0.1) is 5.41 Å². The molecule has 0 spiro atoms. The Morgan fingerprint density at radius 2 is 1.95 bits per heavy atom. The summed E-state index contributed by atoms with van der Waals surface area (Å²) in [5, 5.41) is 6.93. The third-order valence-electron chi connectivity index (χ3n) is 5.65. The van der Waals surface area contributed by atoms with Gasteiger partial charge in [0.05, 0.1) is 11.6 Å². The van der Waals surface area contributed by atoms with E-state index in [9.17, 15) is 27.6 Å². The lowest BCUT2D eigenvalue weighted by Crippen LogP contribution is -2.59. The molecule has 0 aromatic carbocycles. The van der Waals surface area contributed by atoms with Crippen molar-refractivity contribution in [2.75, 3.05) is 28.2 Å². The van der Waals surface area contributed by atoms with Crippen LogP contribution in [0.3, 0.4) is 0 Å². The van der Waals surface area contributed by atoms with E-state index in [1.165, 1.54) is 54.9 Å². The number of amides is 3. The quantitative estimate of drug-likeness (QED) is 0.436. The van der Waals surface area contributed by atoms with Crippen LogP contribution in [0.25, 0.3) is 11.5 Å². The van der Waals surface area contributed by atoms with Crippen molar-refractivity contribution >= 4 is 35.2 Å². The fourth-order valence-corrected chi connectivity index (χ4v) is 3.88. The SMILES string of the molecule is Cn1cc(NC(=O)c2coc(-c3ccnc(N(CC(F)(F)F)C(=O)OC(C)(C)C)c3)n2)c(N2CC(C)(C)C2=O)n1. The molecule has 0 bridgehead atoms. The molecule has 3 amide bonds. The highest BCUT2D eigenvalue weighted by atomic mass is 19.4. The number of oxazole rings is 1. The molecule has 1 aliphatic rings. The van der Waals surface area contributed by atoms with E-state index < -0.39 is 35.7 Å². The molecule has 15 heteroatoms. The predicted octanol–water partition coefficient (Wildman–Crippen LogP) is 4.40. The second kappa shape index (κ2) is 9.95. The summed E-state index contributed by atoms with van der Waals surface area (Å²) < 4.78 is 51.8. The molecular formula is C25H28F3N7O5. The van der Waals surface area contributed by atoms with Gasteiger partial charge in [-0.1, -0.05) is 0 Å². The Morgan fingerprint density at radius 1 is 1.25 bits per heavy atom. The number of β-lactam (4-membered cyclic amide) rings is 1. The van der Waals surface area contributed by atoms with Gasteiger partial charge < -0.3 is 14.5 Å². The van der Waals surface area contributed by atoms with Crippen LogP contribution in [-0.2, 0) is 16.6 Å². The first-order valence-electron chi connectivity index (χ1n) is 12.1. The number of nitrogens with one attached hydrogen (secondary N) is 1. The van der Waals surface area contributed by atoms with E-state index in [-0.39, 0.29) is 40.4 Å². The number of alkyl halides is 3. The van der Waals surface area contributed by atoms with E-state index in [0.29, 0.717) is 11.4 Å². The number of carbonyl (C=O) groups is 3. The lowest BCUT2D eigenvalue weighted by Gasteiger charge is -2.43. The highest BCUT2D eigenvalue weighted by Crippen LogP contribution is 2.38. The highest BCUT2D eigenvalue weighted by Gasteiger charge is 2.47. The summed E-state index contributed by atoms with van der Waals surface area (Å²) in [6.07, 6.45) is -2.19. The minimum Gasteiger partial charge on any atom is -0.444 e. The Bertz CT molecular complexity index is 1460. The average Bonchev–Trinajstić information content (AvgIpc) is 3.46. The first-order chi connectivity index (χ1) is 18.4. The normalized spacial score (nSPS) is 15.0. The van der Waals surface area contributed by atoms with Gasteiger partial charge in [-0.2, -0.15) is 18.3 Å². The van der Waals surface area contributed by atoms with E-state index in [2.05, 4.69) is 20.4 Å². The molecule has 0 unspecified atom stereocenters. The first kappa shape index (κ1) is 28.6. The van der Waals surface area contributed by atoms with E-state index in [1.807, 2.05) is 13.8 Å². The van der Waals surface area contributed by atoms with Crippen molar-refractivity contribution in [2.24, 2.45) is 12.5 Å². The third-order valence-corrected chi connectivity index (χ3v) is 5.65. The van der Waals surface area contributed by atoms with E-state index in [4.69, 9.17) is 9.15 Å². The van der Waals surface area contributed by atoms with Gasteiger partial charge in [-0.3, -0.25) is 24.1 Å². The molecule has 12 nitrogen and oxygen atoms in total. The van der Waals surface area contributed by atoms with E-state index in [1.54, 1.807) is 7.05 Å². The number of hydrogen-bond acceptors (Lipinski definition) is 8. The predicted molar refractivity (Wildman–Crippen MR) is 137 cm³/mol. The second-order valence-electron chi connectivity index (χ2n) is 10.9. The zero-order valence-corrected chi connectivity index (χ0v) is 22.7. The van der Waals surface area contributed by atoms with E-state index >= 15 is 0 Å². The van der Waals surface area contributed by atoms with Crippen molar-refractivity contribution in [3.8, 4) is 11.5 Å². The Labute approximate surface area is 227 Å². The summed E-state index contributed by atoms with van der Waals surface area (Å²) in [6, 6.07) is 2.56. The number of nitrogens with zero attached hydrogens (tertiary/aromatic N) is 6. The van der Waals surface area contributed by atoms with Gasteiger partial charge in [0.2, 0.25) is 11.8 Å². The van der Waals surface area contributed by atoms with Crippen LogP contribution in [0.1, 0.15) is 45.1 Å². The van der Waals surface area contributed by atoms with Crippen LogP contribution >= 0.6 is 0 Å². The van der Waals surface area contributed by atoms with Gasteiger partial charge in [-0.05, 0) is 46.8 Å². The molecule has 4 rings (SSSR count). The van der Waals surface area contributed by atoms with Crippen molar-refractivity contribution in [3.05, 3.63) is 36.5 Å². The van der Waals surface area contributed by atoms with Crippen LogP contribution in [0.5, 0.6) is 0 Å². The van der Waals surface area contributed by atoms with Crippen LogP contribution in [0.15, 0.2) is 35.2 Å². The molecule has 1 fully saturated rings. The van der Waals surface area contributed by atoms with Crippen LogP contribution in [0.4, 0.5) is 35.3 Å². The lowest BCUT2D eigenvalue weighted by molar-refractivity contribution is -0.132.